The summed E-state index contributed by atoms with van der Waals surface area (Å²) in [5.74, 6) is 1.52. The van der Waals surface area contributed by atoms with Gasteiger partial charge in [-0.25, -0.2) is 0 Å². The Morgan fingerprint density at radius 1 is 1.27 bits per heavy atom. The minimum absolute atomic E-state index is 0.755. The number of hydrogen-bond acceptors (Lipinski definition) is 0. The monoisotopic (exact) mass is 199 g/mol. The molecule has 0 aliphatic heterocycles. The average Bonchev–Trinajstić information content (AvgIpc) is 2.74. The highest BCUT2D eigenvalue weighted by atomic mass is 14.7. The van der Waals surface area contributed by atoms with Crippen molar-refractivity contribution in [1.29, 1.82) is 0 Å². The molecule has 1 nitrogen and oxygen atoms in total. The molecule has 1 N–H and O–H groups in total. The second kappa shape index (κ2) is 3.13. The molecule has 1 aliphatic carbocycles. The van der Waals surface area contributed by atoms with Crippen LogP contribution >= 0.6 is 0 Å². The van der Waals surface area contributed by atoms with E-state index < -0.39 is 0 Å². The van der Waals surface area contributed by atoms with Crippen LogP contribution < -0.4 is 0 Å². The summed E-state index contributed by atoms with van der Waals surface area (Å²) in [5.41, 5.74) is 4.39. The molecule has 15 heavy (non-hydrogen) atoms. The lowest BCUT2D eigenvalue weighted by Gasteiger charge is -2.14. The lowest BCUT2D eigenvalue weighted by Crippen LogP contribution is -2.01. The number of fused-ring (bicyclic) bond motifs is 3. The lowest BCUT2D eigenvalue weighted by molar-refractivity contribution is 0.498. The number of nitrogens with one attached hydrogen (secondary N) is 1. The Bertz CT molecular complexity index is 493. The number of rotatable bonds is 1. The zero-order valence-electron chi connectivity index (χ0n) is 9.38. The van der Waals surface area contributed by atoms with Crippen molar-refractivity contribution in [3.63, 3.8) is 0 Å². The maximum Gasteiger partial charge on any atom is 0.0459 e. The average molecular weight is 199 g/mol. The second-order valence-corrected chi connectivity index (χ2v) is 4.95. The van der Waals surface area contributed by atoms with E-state index in [-0.39, 0.29) is 0 Å². The van der Waals surface area contributed by atoms with Gasteiger partial charge in [0.2, 0.25) is 0 Å². The van der Waals surface area contributed by atoms with Gasteiger partial charge < -0.3 is 4.98 Å². The molecule has 1 unspecified atom stereocenters. The van der Waals surface area contributed by atoms with E-state index in [1.54, 1.807) is 5.56 Å². The summed E-state index contributed by atoms with van der Waals surface area (Å²) in [6, 6.07) is 8.70. The molecule has 1 aromatic carbocycles. The van der Waals surface area contributed by atoms with Crippen LogP contribution in [0, 0.1) is 5.92 Å². The zero-order valence-corrected chi connectivity index (χ0v) is 9.38. The van der Waals surface area contributed by atoms with Crippen molar-refractivity contribution in [3.05, 3.63) is 35.5 Å². The summed E-state index contributed by atoms with van der Waals surface area (Å²) in [7, 11) is 0. The zero-order chi connectivity index (χ0) is 10.4. The third kappa shape index (κ3) is 1.22. The van der Waals surface area contributed by atoms with Gasteiger partial charge in [-0.2, -0.15) is 0 Å². The van der Waals surface area contributed by atoms with Crippen molar-refractivity contribution in [3.8, 4) is 0 Å². The maximum atomic E-state index is 3.56. The Hall–Kier alpha value is -1.24. The largest absolute Gasteiger partial charge is 0.358 e. The van der Waals surface area contributed by atoms with Gasteiger partial charge in [-0.05, 0) is 36.3 Å². The normalized spacial score (nSPS) is 20.1. The molecule has 3 rings (SSSR count). The van der Waals surface area contributed by atoms with Gasteiger partial charge >= 0.3 is 0 Å². The molecular weight excluding hydrogens is 182 g/mol. The van der Waals surface area contributed by atoms with Crippen LogP contribution in [-0.4, -0.2) is 4.98 Å². The molecule has 1 aliphatic rings. The van der Waals surface area contributed by atoms with E-state index in [4.69, 9.17) is 0 Å². The summed E-state index contributed by atoms with van der Waals surface area (Å²) >= 11 is 0. The van der Waals surface area contributed by atoms with Crippen LogP contribution in [0.15, 0.2) is 24.3 Å². The Kier molecular flexibility index (Phi) is 1.88. The van der Waals surface area contributed by atoms with Gasteiger partial charge in [0, 0.05) is 16.6 Å². The number of benzene rings is 1. The van der Waals surface area contributed by atoms with Gasteiger partial charge in [-0.15, -0.1) is 0 Å². The van der Waals surface area contributed by atoms with E-state index in [0.29, 0.717) is 0 Å². The number of aryl methyl sites for hydroxylation is 1. The van der Waals surface area contributed by atoms with Crippen LogP contribution in [0.4, 0.5) is 0 Å². The van der Waals surface area contributed by atoms with Crippen molar-refractivity contribution >= 4 is 10.9 Å². The lowest BCUT2D eigenvalue weighted by atomic mass is 9.89. The van der Waals surface area contributed by atoms with E-state index >= 15 is 0 Å². The summed E-state index contributed by atoms with van der Waals surface area (Å²) in [4.78, 5) is 3.56. The highest BCUT2D eigenvalue weighted by Crippen LogP contribution is 2.42. The fourth-order valence-electron chi connectivity index (χ4n) is 2.95. The first kappa shape index (κ1) is 9.02. The fraction of sp³-hybridized carbons (Fsp3) is 0.429. The SMILES string of the molecule is CC(C)C1CCc2[nH]c3ccccc3c21. The van der Waals surface area contributed by atoms with Crippen molar-refractivity contribution < 1.29 is 0 Å². The highest BCUT2D eigenvalue weighted by Gasteiger charge is 2.28. The van der Waals surface area contributed by atoms with Crippen LogP contribution in [0.25, 0.3) is 10.9 Å². The molecule has 0 bridgehead atoms. The predicted octanol–water partition coefficient (Wildman–Crippen LogP) is 3.85. The van der Waals surface area contributed by atoms with E-state index in [9.17, 15) is 0 Å². The second-order valence-electron chi connectivity index (χ2n) is 4.95. The van der Waals surface area contributed by atoms with Crippen molar-refractivity contribution in [1.82, 2.24) is 4.98 Å². The quantitative estimate of drug-likeness (QED) is 0.718. The molecule has 1 atom stereocenters. The van der Waals surface area contributed by atoms with Gasteiger partial charge in [0.05, 0.1) is 0 Å². The van der Waals surface area contributed by atoms with Crippen LogP contribution in [-0.2, 0) is 6.42 Å². The number of hydrogen-bond donors (Lipinski definition) is 1. The minimum Gasteiger partial charge on any atom is -0.358 e. The van der Waals surface area contributed by atoms with Crippen LogP contribution in [0.2, 0.25) is 0 Å². The van der Waals surface area contributed by atoms with Crippen LogP contribution in [0.3, 0.4) is 0 Å². The third-order valence-corrected chi connectivity index (χ3v) is 3.71. The Morgan fingerprint density at radius 3 is 2.87 bits per heavy atom. The highest BCUT2D eigenvalue weighted by molar-refractivity contribution is 5.85. The number of aromatic nitrogens is 1. The number of para-hydroxylation sites is 1. The first-order valence-corrected chi connectivity index (χ1v) is 5.87. The van der Waals surface area contributed by atoms with Gasteiger partial charge in [0.15, 0.2) is 0 Å². The molecule has 1 aromatic heterocycles. The molecule has 1 heterocycles. The topological polar surface area (TPSA) is 15.8 Å². The molecule has 0 fully saturated rings. The molecule has 2 aromatic rings. The van der Waals surface area contributed by atoms with E-state index in [0.717, 1.165) is 11.8 Å². The Labute approximate surface area is 90.5 Å². The molecule has 0 spiro atoms. The Morgan fingerprint density at radius 2 is 2.07 bits per heavy atom. The van der Waals surface area contributed by atoms with Crippen molar-refractivity contribution in [2.75, 3.05) is 0 Å². The first-order chi connectivity index (χ1) is 7.27. The van der Waals surface area contributed by atoms with Gasteiger partial charge in [0.25, 0.3) is 0 Å². The fourth-order valence-corrected chi connectivity index (χ4v) is 2.95. The van der Waals surface area contributed by atoms with E-state index in [2.05, 4.69) is 43.1 Å². The van der Waals surface area contributed by atoms with Crippen molar-refractivity contribution in [2.24, 2.45) is 5.92 Å². The number of H-pyrrole nitrogens is 1. The summed E-state index contributed by atoms with van der Waals surface area (Å²) in [5, 5.41) is 1.45. The van der Waals surface area contributed by atoms with Crippen LogP contribution in [0.1, 0.15) is 37.4 Å². The predicted molar refractivity (Wildman–Crippen MR) is 64.2 cm³/mol. The molecule has 0 amide bonds. The Balaban J connectivity index is 2.24. The summed E-state index contributed by atoms with van der Waals surface area (Å²) in [6.45, 7) is 4.67. The standard InChI is InChI=1S/C14H17N/c1-9(2)10-7-8-13-14(10)11-5-3-4-6-12(11)15-13/h3-6,9-10,15H,7-8H2,1-2H3. The van der Waals surface area contributed by atoms with E-state index in [1.165, 1.54) is 29.4 Å². The van der Waals surface area contributed by atoms with Gasteiger partial charge in [-0.1, -0.05) is 32.0 Å². The molecule has 0 saturated heterocycles. The number of aromatic amines is 1. The van der Waals surface area contributed by atoms with E-state index in [1.807, 2.05) is 0 Å². The smallest absolute Gasteiger partial charge is 0.0459 e. The molecule has 0 radical (unpaired) electrons. The van der Waals surface area contributed by atoms with Crippen molar-refractivity contribution in [2.45, 2.75) is 32.6 Å². The van der Waals surface area contributed by atoms with Crippen LogP contribution in [0.5, 0.6) is 0 Å². The maximum absolute atomic E-state index is 3.56. The third-order valence-electron chi connectivity index (χ3n) is 3.71. The molecular formula is C14H17N. The molecule has 1 heteroatoms. The summed E-state index contributed by atoms with van der Waals surface area (Å²) < 4.78 is 0. The van der Waals surface area contributed by atoms with Gasteiger partial charge in [-0.3, -0.25) is 0 Å². The van der Waals surface area contributed by atoms with Gasteiger partial charge in [0.1, 0.15) is 0 Å². The summed E-state index contributed by atoms with van der Waals surface area (Å²) in [6.07, 6.45) is 2.55. The first-order valence-electron chi connectivity index (χ1n) is 5.87. The minimum atomic E-state index is 0.755. The molecule has 0 saturated carbocycles. The molecule has 78 valence electrons.